The second kappa shape index (κ2) is 4.93. The summed E-state index contributed by atoms with van der Waals surface area (Å²) in [7, 11) is 1.51. The third-order valence-corrected chi connectivity index (χ3v) is 1.91. The van der Waals surface area contributed by atoms with Gasteiger partial charge in [0.05, 0.1) is 12.1 Å². The highest BCUT2D eigenvalue weighted by Gasteiger charge is 2.21. The smallest absolute Gasteiger partial charge is 0.267 e. The van der Waals surface area contributed by atoms with E-state index >= 15 is 0 Å². The fourth-order valence-corrected chi connectivity index (χ4v) is 1.26. The maximum Gasteiger partial charge on any atom is 0.267 e. The molecule has 0 spiro atoms. The van der Waals surface area contributed by atoms with Gasteiger partial charge in [-0.15, -0.1) is 0 Å². The minimum Gasteiger partial charge on any atom is -0.313 e. The predicted octanol–water partition coefficient (Wildman–Crippen LogP) is 2.17. The van der Waals surface area contributed by atoms with Crippen LogP contribution in [0.4, 0.5) is 13.2 Å². The topological polar surface area (TPSA) is 29.1 Å². The van der Waals surface area contributed by atoms with Crippen molar-refractivity contribution in [3.8, 4) is 0 Å². The van der Waals surface area contributed by atoms with Crippen molar-refractivity contribution < 1.29 is 18.0 Å². The van der Waals surface area contributed by atoms with Crippen LogP contribution in [0.5, 0.6) is 0 Å². The zero-order valence-electron chi connectivity index (χ0n) is 8.06. The second-order valence-electron chi connectivity index (χ2n) is 2.96. The lowest BCUT2D eigenvalue weighted by Gasteiger charge is -2.08. The molecule has 2 nitrogen and oxygen atoms in total. The van der Waals surface area contributed by atoms with Crippen LogP contribution in [0, 0.1) is 5.82 Å². The van der Waals surface area contributed by atoms with E-state index in [9.17, 15) is 18.0 Å². The standard InChI is InChI=1S/C10H10F3NO/c1-14-5-8(15)6-3-2-4-7(11)9(6)10(12)13/h2-4,10,14H,5H2,1H3. The van der Waals surface area contributed by atoms with E-state index in [1.807, 2.05) is 0 Å². The number of nitrogens with one attached hydrogen (secondary N) is 1. The fraction of sp³-hybridized carbons (Fsp3) is 0.300. The molecule has 0 heterocycles. The Morgan fingerprint density at radius 2 is 2.13 bits per heavy atom. The first-order chi connectivity index (χ1) is 7.07. The number of benzene rings is 1. The van der Waals surface area contributed by atoms with Crippen LogP contribution in [0.1, 0.15) is 22.3 Å². The summed E-state index contributed by atoms with van der Waals surface area (Å²) in [4.78, 5) is 11.4. The number of hydrogen-bond acceptors (Lipinski definition) is 2. The van der Waals surface area contributed by atoms with Gasteiger partial charge in [0, 0.05) is 5.56 Å². The molecule has 0 fully saturated rings. The third-order valence-electron chi connectivity index (χ3n) is 1.91. The Bertz CT molecular complexity index is 366. The van der Waals surface area contributed by atoms with Crippen molar-refractivity contribution in [2.75, 3.05) is 13.6 Å². The average molecular weight is 217 g/mol. The number of halogens is 3. The van der Waals surface area contributed by atoms with Gasteiger partial charge in [-0.05, 0) is 13.1 Å². The van der Waals surface area contributed by atoms with Crippen LogP contribution in [0.15, 0.2) is 18.2 Å². The Hall–Kier alpha value is -1.36. The maximum absolute atomic E-state index is 13.0. The van der Waals surface area contributed by atoms with E-state index in [1.54, 1.807) is 0 Å². The zero-order valence-corrected chi connectivity index (χ0v) is 8.06. The largest absolute Gasteiger partial charge is 0.313 e. The summed E-state index contributed by atoms with van der Waals surface area (Å²) >= 11 is 0. The van der Waals surface area contributed by atoms with E-state index in [2.05, 4.69) is 5.32 Å². The first-order valence-corrected chi connectivity index (χ1v) is 4.32. The minimum atomic E-state index is -2.98. The fourth-order valence-electron chi connectivity index (χ4n) is 1.26. The Labute approximate surface area is 85.1 Å². The van der Waals surface area contributed by atoms with Crippen molar-refractivity contribution in [2.45, 2.75) is 6.43 Å². The van der Waals surface area contributed by atoms with E-state index in [0.29, 0.717) is 0 Å². The lowest BCUT2D eigenvalue weighted by molar-refractivity contribution is 0.0976. The summed E-state index contributed by atoms with van der Waals surface area (Å²) in [5.74, 6) is -1.60. The lowest BCUT2D eigenvalue weighted by Crippen LogP contribution is -2.20. The molecule has 0 aliphatic heterocycles. The molecule has 0 aromatic heterocycles. The Morgan fingerprint density at radius 3 is 2.67 bits per heavy atom. The van der Waals surface area contributed by atoms with Gasteiger partial charge in [0.1, 0.15) is 5.82 Å². The van der Waals surface area contributed by atoms with Crippen molar-refractivity contribution in [2.24, 2.45) is 0 Å². The lowest BCUT2D eigenvalue weighted by atomic mass is 10.0. The van der Waals surface area contributed by atoms with E-state index < -0.39 is 23.6 Å². The van der Waals surface area contributed by atoms with Crippen molar-refractivity contribution in [1.82, 2.24) is 5.32 Å². The second-order valence-corrected chi connectivity index (χ2v) is 2.96. The predicted molar refractivity (Wildman–Crippen MR) is 49.6 cm³/mol. The zero-order chi connectivity index (χ0) is 11.4. The van der Waals surface area contributed by atoms with Crippen molar-refractivity contribution in [3.05, 3.63) is 35.1 Å². The van der Waals surface area contributed by atoms with Gasteiger partial charge in [-0.2, -0.15) is 0 Å². The molecule has 1 rings (SSSR count). The monoisotopic (exact) mass is 217 g/mol. The van der Waals surface area contributed by atoms with Gasteiger partial charge in [-0.25, -0.2) is 13.2 Å². The number of rotatable bonds is 4. The van der Waals surface area contributed by atoms with Gasteiger partial charge in [-0.3, -0.25) is 4.79 Å². The average Bonchev–Trinajstić information content (AvgIpc) is 2.17. The normalized spacial score (nSPS) is 10.7. The molecule has 0 saturated heterocycles. The number of hydrogen-bond donors (Lipinski definition) is 1. The molecule has 1 N–H and O–H groups in total. The molecule has 0 aliphatic rings. The minimum absolute atomic E-state index is 0.0941. The van der Waals surface area contributed by atoms with Gasteiger partial charge < -0.3 is 5.32 Å². The summed E-state index contributed by atoms with van der Waals surface area (Å²) in [6, 6.07) is 3.35. The number of ketones is 1. The third kappa shape index (κ3) is 2.56. The molecule has 0 saturated carbocycles. The SMILES string of the molecule is CNCC(=O)c1cccc(F)c1C(F)F. The van der Waals surface area contributed by atoms with Crippen LogP contribution in [-0.2, 0) is 0 Å². The van der Waals surface area contributed by atoms with Crippen LogP contribution in [0.2, 0.25) is 0 Å². The number of carbonyl (C=O) groups is 1. The molecule has 0 unspecified atom stereocenters. The molecule has 0 radical (unpaired) electrons. The highest BCUT2D eigenvalue weighted by Crippen LogP contribution is 2.25. The molecule has 5 heteroatoms. The molecule has 0 atom stereocenters. The van der Waals surface area contributed by atoms with E-state index in [-0.39, 0.29) is 12.1 Å². The number of carbonyl (C=O) groups excluding carboxylic acids is 1. The Morgan fingerprint density at radius 1 is 1.47 bits per heavy atom. The molecule has 15 heavy (non-hydrogen) atoms. The highest BCUT2D eigenvalue weighted by atomic mass is 19.3. The van der Waals surface area contributed by atoms with Gasteiger partial charge in [-0.1, -0.05) is 12.1 Å². The van der Waals surface area contributed by atoms with Gasteiger partial charge in [0.25, 0.3) is 6.43 Å². The molecule has 0 amide bonds. The van der Waals surface area contributed by atoms with Crippen molar-refractivity contribution in [3.63, 3.8) is 0 Å². The molecule has 1 aromatic carbocycles. The molecule has 82 valence electrons. The first-order valence-electron chi connectivity index (χ1n) is 4.32. The molecule has 0 aliphatic carbocycles. The molecular formula is C10H10F3NO. The van der Waals surface area contributed by atoms with E-state index in [1.165, 1.54) is 19.2 Å². The molecule has 1 aromatic rings. The summed E-state index contributed by atoms with van der Waals surface area (Å²) in [6.45, 7) is -0.0941. The number of Topliss-reactive ketones (excluding diaryl/α,β-unsaturated/α-hetero) is 1. The summed E-state index contributed by atoms with van der Waals surface area (Å²) in [6.07, 6.45) is -2.98. The van der Waals surface area contributed by atoms with Crippen LogP contribution in [0.25, 0.3) is 0 Å². The molecular weight excluding hydrogens is 207 g/mol. The summed E-state index contributed by atoms with van der Waals surface area (Å²) in [5, 5.41) is 2.53. The van der Waals surface area contributed by atoms with Crippen LogP contribution in [0.3, 0.4) is 0 Å². The first kappa shape index (κ1) is 11.7. The number of likely N-dealkylation sites (N-methyl/N-ethyl adjacent to an activating group) is 1. The summed E-state index contributed by atoms with van der Waals surface area (Å²) < 4.78 is 38.0. The van der Waals surface area contributed by atoms with Crippen molar-refractivity contribution >= 4 is 5.78 Å². The van der Waals surface area contributed by atoms with Gasteiger partial charge in [0.2, 0.25) is 0 Å². The van der Waals surface area contributed by atoms with Gasteiger partial charge in [0.15, 0.2) is 5.78 Å². The Kier molecular flexibility index (Phi) is 3.85. The van der Waals surface area contributed by atoms with Crippen LogP contribution < -0.4 is 5.32 Å². The van der Waals surface area contributed by atoms with Gasteiger partial charge >= 0.3 is 0 Å². The molecule has 0 bridgehead atoms. The van der Waals surface area contributed by atoms with Crippen LogP contribution in [-0.4, -0.2) is 19.4 Å². The highest BCUT2D eigenvalue weighted by molar-refractivity contribution is 5.99. The van der Waals surface area contributed by atoms with Crippen LogP contribution >= 0.6 is 0 Å². The van der Waals surface area contributed by atoms with Crippen molar-refractivity contribution in [1.29, 1.82) is 0 Å². The van der Waals surface area contributed by atoms with E-state index in [4.69, 9.17) is 0 Å². The Balaban J connectivity index is 3.17. The number of alkyl halides is 2. The quantitative estimate of drug-likeness (QED) is 0.783. The van der Waals surface area contributed by atoms with E-state index in [0.717, 1.165) is 6.07 Å². The maximum atomic E-state index is 13.0. The summed E-state index contributed by atoms with van der Waals surface area (Å²) in [5.41, 5.74) is -1.09.